The lowest BCUT2D eigenvalue weighted by atomic mass is 10.2. The molecular formula is C4H8BINO3. The first-order chi connectivity index (χ1) is 4.66. The summed E-state index contributed by atoms with van der Waals surface area (Å²) in [5.74, 6) is -0.823. The van der Waals surface area contributed by atoms with E-state index in [-0.39, 0.29) is 10.5 Å². The molecule has 0 aromatic carbocycles. The molecule has 0 bridgehead atoms. The zero-order chi connectivity index (χ0) is 7.98. The predicted octanol–water partition coefficient (Wildman–Crippen LogP) is -0.00760. The van der Waals surface area contributed by atoms with Crippen LogP contribution in [0, 0.1) is 0 Å². The van der Waals surface area contributed by atoms with Crippen LogP contribution in [0.3, 0.4) is 0 Å². The fourth-order valence-electron chi connectivity index (χ4n) is 0.354. The molecule has 57 valence electrons. The standard InChI is InChI=1S/C4H8BINO3/c1-10-5-7-3(6)2-4(8)9/h3,7H,2H2,1H3,(H,8,9). The summed E-state index contributed by atoms with van der Waals surface area (Å²) in [6, 6.07) is 0. The van der Waals surface area contributed by atoms with E-state index in [0.29, 0.717) is 0 Å². The molecule has 0 aromatic heterocycles. The van der Waals surface area contributed by atoms with Crippen LogP contribution in [0.2, 0.25) is 0 Å². The van der Waals surface area contributed by atoms with Gasteiger partial charge in [-0.3, -0.25) is 4.79 Å². The Balaban J connectivity index is 3.25. The van der Waals surface area contributed by atoms with Crippen LogP contribution in [-0.4, -0.2) is 29.9 Å². The zero-order valence-corrected chi connectivity index (χ0v) is 7.66. The maximum atomic E-state index is 10.1. The Kier molecular flexibility index (Phi) is 6.04. The molecule has 1 radical (unpaired) electrons. The molecule has 6 heteroatoms. The number of hydrogen-bond donors (Lipinski definition) is 2. The molecule has 4 nitrogen and oxygen atoms in total. The van der Waals surface area contributed by atoms with E-state index in [2.05, 4.69) is 9.88 Å². The van der Waals surface area contributed by atoms with Crippen LogP contribution in [0.25, 0.3) is 0 Å². The second kappa shape index (κ2) is 5.93. The Labute approximate surface area is 73.8 Å². The third kappa shape index (κ3) is 6.31. The van der Waals surface area contributed by atoms with Crippen LogP contribution < -0.4 is 5.23 Å². The van der Waals surface area contributed by atoms with Crippen LogP contribution in [0.5, 0.6) is 0 Å². The van der Waals surface area contributed by atoms with E-state index < -0.39 is 5.97 Å². The fraction of sp³-hybridized carbons (Fsp3) is 0.750. The number of aliphatic carboxylic acids is 1. The highest BCUT2D eigenvalue weighted by atomic mass is 127. The lowest BCUT2D eigenvalue weighted by Gasteiger charge is -2.05. The topological polar surface area (TPSA) is 58.6 Å². The first-order valence-electron chi connectivity index (χ1n) is 2.63. The minimum atomic E-state index is -0.823. The lowest BCUT2D eigenvalue weighted by Crippen LogP contribution is -2.30. The monoisotopic (exact) mass is 256 g/mol. The van der Waals surface area contributed by atoms with Crippen molar-refractivity contribution in [3.8, 4) is 0 Å². The third-order valence-corrected chi connectivity index (χ3v) is 1.52. The number of hydrogen-bond acceptors (Lipinski definition) is 3. The second-order valence-electron chi connectivity index (χ2n) is 1.59. The smallest absolute Gasteiger partial charge is 0.396 e. The highest BCUT2D eigenvalue weighted by molar-refractivity contribution is 14.1. The van der Waals surface area contributed by atoms with Gasteiger partial charge in [-0.25, -0.2) is 0 Å². The van der Waals surface area contributed by atoms with Crippen molar-refractivity contribution < 1.29 is 14.6 Å². The van der Waals surface area contributed by atoms with Gasteiger partial charge in [0.15, 0.2) is 0 Å². The lowest BCUT2D eigenvalue weighted by molar-refractivity contribution is -0.136. The Morgan fingerprint density at radius 2 is 2.60 bits per heavy atom. The summed E-state index contributed by atoms with van der Waals surface area (Å²) < 4.78 is 4.44. The zero-order valence-electron chi connectivity index (χ0n) is 5.50. The molecule has 0 heterocycles. The van der Waals surface area contributed by atoms with Gasteiger partial charge in [-0.1, -0.05) is 22.6 Å². The van der Waals surface area contributed by atoms with Crippen LogP contribution in [-0.2, 0) is 9.45 Å². The van der Waals surface area contributed by atoms with Gasteiger partial charge in [0.2, 0.25) is 0 Å². The summed E-state index contributed by atoms with van der Waals surface area (Å²) in [7, 11) is 2.86. The van der Waals surface area contributed by atoms with E-state index in [1.807, 2.05) is 22.6 Å². The minimum absolute atomic E-state index is 0.0837. The summed E-state index contributed by atoms with van der Waals surface area (Å²) >= 11 is 1.98. The van der Waals surface area contributed by atoms with Gasteiger partial charge in [0, 0.05) is 7.11 Å². The van der Waals surface area contributed by atoms with Crippen molar-refractivity contribution in [1.29, 1.82) is 0 Å². The van der Waals surface area contributed by atoms with Crippen LogP contribution in [0.1, 0.15) is 6.42 Å². The predicted molar refractivity (Wildman–Crippen MR) is 46.0 cm³/mol. The van der Waals surface area contributed by atoms with Gasteiger partial charge < -0.3 is 15.0 Å². The molecule has 0 aromatic rings. The van der Waals surface area contributed by atoms with Crippen molar-refractivity contribution in [2.75, 3.05) is 7.11 Å². The van der Waals surface area contributed by atoms with Crippen LogP contribution >= 0.6 is 22.6 Å². The van der Waals surface area contributed by atoms with Gasteiger partial charge in [-0.2, -0.15) is 0 Å². The van der Waals surface area contributed by atoms with E-state index in [0.717, 1.165) is 0 Å². The minimum Gasteiger partial charge on any atom is -0.481 e. The number of carboxylic acids is 1. The molecule has 0 saturated carbocycles. The number of rotatable bonds is 5. The molecule has 1 atom stereocenters. The summed E-state index contributed by atoms with van der Waals surface area (Å²) in [6.45, 7) is 0. The Morgan fingerprint density at radius 3 is 3.00 bits per heavy atom. The summed E-state index contributed by atoms with van der Waals surface area (Å²) in [5.41, 5.74) is 0. The van der Waals surface area contributed by atoms with Crippen molar-refractivity contribution in [3.05, 3.63) is 0 Å². The van der Waals surface area contributed by atoms with Crippen molar-refractivity contribution in [1.82, 2.24) is 5.23 Å². The van der Waals surface area contributed by atoms with E-state index in [9.17, 15) is 4.79 Å². The number of carbonyl (C=O) groups is 1. The number of carboxylic acid groups (broad SMARTS) is 1. The Bertz CT molecular complexity index is 113. The molecule has 10 heavy (non-hydrogen) atoms. The first kappa shape index (κ1) is 10.2. The molecular weight excluding hydrogens is 248 g/mol. The molecule has 2 N–H and O–H groups in total. The van der Waals surface area contributed by atoms with Crippen molar-refractivity contribution in [2.45, 2.75) is 10.5 Å². The van der Waals surface area contributed by atoms with Crippen LogP contribution in [0.4, 0.5) is 0 Å². The Morgan fingerprint density at radius 1 is 2.00 bits per heavy atom. The van der Waals surface area contributed by atoms with Gasteiger partial charge in [-0.15, -0.1) is 0 Å². The van der Waals surface area contributed by atoms with Gasteiger partial charge in [0.25, 0.3) is 0 Å². The van der Waals surface area contributed by atoms with E-state index in [1.54, 1.807) is 0 Å². The average Bonchev–Trinajstić information content (AvgIpc) is 1.82. The van der Waals surface area contributed by atoms with Crippen molar-refractivity contribution in [3.63, 3.8) is 0 Å². The molecule has 0 aliphatic heterocycles. The number of nitrogens with one attached hydrogen (secondary N) is 1. The average molecular weight is 256 g/mol. The summed E-state index contributed by atoms with van der Waals surface area (Å²) in [4.78, 5) is 10.1. The molecule has 0 fully saturated rings. The highest BCUT2D eigenvalue weighted by Crippen LogP contribution is 1.99. The maximum absolute atomic E-state index is 10.1. The largest absolute Gasteiger partial charge is 0.481 e. The van der Waals surface area contributed by atoms with E-state index >= 15 is 0 Å². The van der Waals surface area contributed by atoms with E-state index in [4.69, 9.17) is 5.11 Å². The van der Waals surface area contributed by atoms with Crippen molar-refractivity contribution >= 4 is 36.2 Å². The number of alkyl halides is 1. The van der Waals surface area contributed by atoms with Crippen LogP contribution in [0.15, 0.2) is 0 Å². The van der Waals surface area contributed by atoms with Gasteiger partial charge in [0.1, 0.15) is 0 Å². The molecule has 0 aliphatic carbocycles. The molecule has 0 spiro atoms. The summed E-state index contributed by atoms with van der Waals surface area (Å²) in [5, 5.41) is 11.0. The quantitative estimate of drug-likeness (QED) is 0.314. The van der Waals surface area contributed by atoms with Gasteiger partial charge >= 0.3 is 13.6 Å². The normalized spacial score (nSPS) is 12.6. The SMILES string of the molecule is CO[B]NC(I)CC(=O)O. The van der Waals surface area contributed by atoms with Gasteiger partial charge in [-0.05, 0) is 0 Å². The van der Waals surface area contributed by atoms with Gasteiger partial charge in [0.05, 0.1) is 10.5 Å². The number of halogens is 1. The highest BCUT2D eigenvalue weighted by Gasteiger charge is 2.07. The maximum Gasteiger partial charge on any atom is 0.396 e. The molecule has 0 aliphatic rings. The first-order valence-corrected chi connectivity index (χ1v) is 3.87. The second-order valence-corrected chi connectivity index (χ2v) is 3.09. The van der Waals surface area contributed by atoms with Crippen molar-refractivity contribution in [2.24, 2.45) is 0 Å². The Hall–Kier alpha value is 0.185. The van der Waals surface area contributed by atoms with E-state index in [1.165, 1.54) is 14.7 Å². The molecule has 1 unspecified atom stereocenters. The third-order valence-electron chi connectivity index (χ3n) is 0.721. The summed E-state index contributed by atoms with van der Waals surface area (Å²) in [6.07, 6.45) is 0.0837. The molecule has 0 rings (SSSR count). The molecule has 0 saturated heterocycles. The molecule has 0 amide bonds. The fourth-order valence-corrected chi connectivity index (χ4v) is 0.878.